The summed E-state index contributed by atoms with van der Waals surface area (Å²) < 4.78 is 0. The van der Waals surface area contributed by atoms with E-state index in [1.165, 1.54) is 27.1 Å². The number of hydrogen-bond acceptors (Lipinski definition) is 2. The SMILES string of the molecule is CC1Cc2ccsc2CN1C(c1ccccc1)(c1ccccc1)c1ccccc1. The summed E-state index contributed by atoms with van der Waals surface area (Å²) >= 11 is 1.89. The lowest BCUT2D eigenvalue weighted by Gasteiger charge is -2.50. The zero-order valence-corrected chi connectivity index (χ0v) is 17.5. The van der Waals surface area contributed by atoms with Gasteiger partial charge in [0.1, 0.15) is 0 Å². The maximum absolute atomic E-state index is 2.71. The van der Waals surface area contributed by atoms with E-state index in [9.17, 15) is 0 Å². The molecule has 1 atom stereocenters. The summed E-state index contributed by atoms with van der Waals surface area (Å²) in [5, 5.41) is 2.25. The lowest BCUT2D eigenvalue weighted by molar-refractivity contribution is 0.0889. The molecule has 0 saturated heterocycles. The lowest BCUT2D eigenvalue weighted by Crippen LogP contribution is -2.53. The fourth-order valence-corrected chi connectivity index (χ4v) is 5.82. The molecule has 1 aliphatic heterocycles. The summed E-state index contributed by atoms with van der Waals surface area (Å²) in [6.07, 6.45) is 1.09. The molecule has 0 amide bonds. The molecule has 0 saturated carbocycles. The molecule has 1 nitrogen and oxygen atoms in total. The molecule has 3 aromatic carbocycles. The standard InChI is InChI=1S/C27H25NS/c1-21-19-22-17-18-29-26(22)20-28(21)27(23-11-5-2-6-12-23,24-13-7-3-8-14-24)25-15-9-4-10-16-25/h2-18,21H,19-20H2,1H3. The minimum Gasteiger partial charge on any atom is -0.278 e. The maximum Gasteiger partial charge on any atom is 0.0978 e. The van der Waals surface area contributed by atoms with Crippen molar-refractivity contribution in [2.45, 2.75) is 31.5 Å². The molecule has 1 aliphatic rings. The normalized spacial score (nSPS) is 17.1. The zero-order valence-electron chi connectivity index (χ0n) is 16.7. The zero-order chi connectivity index (χ0) is 19.7. The van der Waals surface area contributed by atoms with Crippen LogP contribution in [0.4, 0.5) is 0 Å². The Morgan fingerprint density at radius 3 is 1.69 bits per heavy atom. The van der Waals surface area contributed by atoms with E-state index in [0.29, 0.717) is 6.04 Å². The summed E-state index contributed by atoms with van der Waals surface area (Å²) in [6, 6.07) is 35.8. The predicted molar refractivity (Wildman–Crippen MR) is 122 cm³/mol. The Morgan fingerprint density at radius 1 is 0.724 bits per heavy atom. The number of fused-ring (bicyclic) bond motifs is 1. The number of benzene rings is 3. The van der Waals surface area contributed by atoms with Gasteiger partial charge in [0.2, 0.25) is 0 Å². The van der Waals surface area contributed by atoms with Crippen molar-refractivity contribution in [3.63, 3.8) is 0 Å². The molecule has 2 heteroatoms. The molecule has 0 bridgehead atoms. The number of hydrogen-bond donors (Lipinski definition) is 0. The van der Waals surface area contributed by atoms with Gasteiger partial charge >= 0.3 is 0 Å². The van der Waals surface area contributed by atoms with Crippen molar-refractivity contribution in [2.75, 3.05) is 0 Å². The molecule has 0 N–H and O–H groups in total. The highest BCUT2D eigenvalue weighted by Crippen LogP contribution is 2.46. The summed E-state index contributed by atoms with van der Waals surface area (Å²) in [6.45, 7) is 3.34. The van der Waals surface area contributed by atoms with E-state index in [1.54, 1.807) is 0 Å². The van der Waals surface area contributed by atoms with Gasteiger partial charge in [-0.05, 0) is 47.0 Å². The van der Waals surface area contributed by atoms with Gasteiger partial charge in [0.05, 0.1) is 5.54 Å². The molecule has 2 heterocycles. The molecular formula is C27H25NS. The van der Waals surface area contributed by atoms with Crippen LogP contribution in [0.5, 0.6) is 0 Å². The highest BCUT2D eigenvalue weighted by atomic mass is 32.1. The second-order valence-corrected chi connectivity index (χ2v) is 8.86. The first-order valence-corrected chi connectivity index (χ1v) is 11.2. The van der Waals surface area contributed by atoms with E-state index in [0.717, 1.165) is 13.0 Å². The van der Waals surface area contributed by atoms with Gasteiger partial charge in [0.25, 0.3) is 0 Å². The number of rotatable bonds is 4. The topological polar surface area (TPSA) is 3.24 Å². The quantitative estimate of drug-likeness (QED) is 0.357. The monoisotopic (exact) mass is 395 g/mol. The average molecular weight is 396 g/mol. The molecule has 0 aliphatic carbocycles. The third kappa shape index (κ3) is 3.04. The molecule has 1 unspecified atom stereocenters. The molecule has 0 fully saturated rings. The van der Waals surface area contributed by atoms with Crippen LogP contribution in [-0.4, -0.2) is 10.9 Å². The van der Waals surface area contributed by atoms with Crippen LogP contribution in [-0.2, 0) is 18.5 Å². The van der Waals surface area contributed by atoms with Gasteiger partial charge in [-0.3, -0.25) is 4.90 Å². The summed E-state index contributed by atoms with van der Waals surface area (Å²) in [5.74, 6) is 0. The van der Waals surface area contributed by atoms with Crippen molar-refractivity contribution in [1.82, 2.24) is 4.90 Å². The Bertz CT molecular complexity index is 973. The van der Waals surface area contributed by atoms with Crippen LogP contribution in [0.15, 0.2) is 102 Å². The average Bonchev–Trinajstić information content (AvgIpc) is 3.24. The van der Waals surface area contributed by atoms with Crippen LogP contribution < -0.4 is 0 Å². The number of nitrogens with zero attached hydrogens (tertiary/aromatic N) is 1. The molecule has 0 spiro atoms. The Labute approximate surface area is 177 Å². The van der Waals surface area contributed by atoms with Crippen molar-refractivity contribution in [3.8, 4) is 0 Å². The van der Waals surface area contributed by atoms with E-state index in [4.69, 9.17) is 0 Å². The molecule has 1 aromatic heterocycles. The van der Waals surface area contributed by atoms with Gasteiger partial charge in [-0.1, -0.05) is 91.0 Å². The second kappa shape index (κ2) is 7.62. The Morgan fingerprint density at radius 2 is 1.21 bits per heavy atom. The Hall–Kier alpha value is -2.68. The van der Waals surface area contributed by atoms with Crippen molar-refractivity contribution < 1.29 is 0 Å². The van der Waals surface area contributed by atoms with Crippen LogP contribution in [0.3, 0.4) is 0 Å². The van der Waals surface area contributed by atoms with Gasteiger partial charge in [0, 0.05) is 17.5 Å². The first-order valence-electron chi connectivity index (χ1n) is 10.3. The molecule has 4 aromatic rings. The van der Waals surface area contributed by atoms with Crippen LogP contribution in [0.2, 0.25) is 0 Å². The van der Waals surface area contributed by atoms with Crippen LogP contribution >= 0.6 is 11.3 Å². The summed E-state index contributed by atoms with van der Waals surface area (Å²) in [7, 11) is 0. The summed E-state index contributed by atoms with van der Waals surface area (Å²) in [4.78, 5) is 4.21. The molecule has 5 rings (SSSR count). The van der Waals surface area contributed by atoms with Gasteiger partial charge < -0.3 is 0 Å². The van der Waals surface area contributed by atoms with E-state index in [1.807, 2.05) is 11.3 Å². The largest absolute Gasteiger partial charge is 0.278 e. The smallest absolute Gasteiger partial charge is 0.0978 e. The fraction of sp³-hybridized carbons (Fsp3) is 0.185. The van der Waals surface area contributed by atoms with Crippen molar-refractivity contribution in [1.29, 1.82) is 0 Å². The minimum absolute atomic E-state index is 0.328. The van der Waals surface area contributed by atoms with Crippen LogP contribution in [0, 0.1) is 0 Å². The van der Waals surface area contributed by atoms with Gasteiger partial charge in [0.15, 0.2) is 0 Å². The van der Waals surface area contributed by atoms with E-state index in [-0.39, 0.29) is 5.54 Å². The van der Waals surface area contributed by atoms with Gasteiger partial charge in [-0.15, -0.1) is 11.3 Å². The number of thiophene rings is 1. The van der Waals surface area contributed by atoms with E-state index < -0.39 is 0 Å². The molecule has 29 heavy (non-hydrogen) atoms. The third-order valence-corrected chi connectivity index (χ3v) is 7.15. The molecule has 0 radical (unpaired) electrons. The maximum atomic E-state index is 2.71. The van der Waals surface area contributed by atoms with Gasteiger partial charge in [-0.25, -0.2) is 0 Å². The van der Waals surface area contributed by atoms with E-state index in [2.05, 4.69) is 114 Å². The Balaban J connectivity index is 1.81. The fourth-order valence-electron chi connectivity index (χ4n) is 4.91. The lowest BCUT2D eigenvalue weighted by atomic mass is 9.74. The summed E-state index contributed by atoms with van der Waals surface area (Å²) in [5.41, 5.74) is 5.16. The van der Waals surface area contributed by atoms with Crippen molar-refractivity contribution >= 4 is 11.3 Å². The van der Waals surface area contributed by atoms with Crippen LogP contribution in [0.25, 0.3) is 0 Å². The van der Waals surface area contributed by atoms with Crippen molar-refractivity contribution in [2.24, 2.45) is 0 Å². The van der Waals surface area contributed by atoms with E-state index >= 15 is 0 Å². The first kappa shape index (κ1) is 18.4. The highest BCUT2D eigenvalue weighted by molar-refractivity contribution is 7.10. The van der Waals surface area contributed by atoms with Crippen LogP contribution in [0.1, 0.15) is 34.1 Å². The van der Waals surface area contributed by atoms with Crippen molar-refractivity contribution in [3.05, 3.63) is 130 Å². The minimum atomic E-state index is -0.328. The first-order chi connectivity index (χ1) is 14.3. The highest BCUT2D eigenvalue weighted by Gasteiger charge is 2.45. The Kier molecular flexibility index (Phi) is 4.83. The molecule has 144 valence electrons. The molecular weight excluding hydrogens is 370 g/mol. The third-order valence-electron chi connectivity index (χ3n) is 6.20. The predicted octanol–water partition coefficient (Wildman–Crippen LogP) is 6.49. The van der Waals surface area contributed by atoms with Gasteiger partial charge in [-0.2, -0.15) is 0 Å². The second-order valence-electron chi connectivity index (χ2n) is 7.86.